The van der Waals surface area contributed by atoms with Crippen LogP contribution in [-0.2, 0) is 16.0 Å². The number of nitrogens with one attached hydrogen (secondary N) is 1. The molecule has 5 nitrogen and oxygen atoms in total. The van der Waals surface area contributed by atoms with Crippen LogP contribution in [0.25, 0.3) is 0 Å². The lowest BCUT2D eigenvalue weighted by Crippen LogP contribution is -2.26. The summed E-state index contributed by atoms with van der Waals surface area (Å²) in [7, 11) is 0. The number of hydrogen-bond acceptors (Lipinski definition) is 5. The fraction of sp³-hybridized carbons (Fsp3) is 0.692. The van der Waals surface area contributed by atoms with Gasteiger partial charge in [0.05, 0.1) is 25.5 Å². The van der Waals surface area contributed by atoms with E-state index in [1.807, 2.05) is 13.0 Å². The summed E-state index contributed by atoms with van der Waals surface area (Å²) in [5.41, 5.74) is 1.97. The van der Waals surface area contributed by atoms with Crippen LogP contribution in [0.5, 0.6) is 0 Å². The standard InChI is InChI=1S/C13H21N3O2/c1-9(2)14-7-11-6-10(3)15-13(16-11)12-8-17-4-5-18-12/h6,9,12,14H,4-5,7-8H2,1-3H3. The van der Waals surface area contributed by atoms with Crippen LogP contribution < -0.4 is 5.32 Å². The lowest BCUT2D eigenvalue weighted by Gasteiger charge is -2.22. The number of aromatic nitrogens is 2. The zero-order valence-electron chi connectivity index (χ0n) is 11.3. The Kier molecular flexibility index (Phi) is 4.63. The second-order valence-electron chi connectivity index (χ2n) is 4.83. The van der Waals surface area contributed by atoms with Crippen molar-refractivity contribution in [3.05, 3.63) is 23.3 Å². The van der Waals surface area contributed by atoms with Crippen molar-refractivity contribution in [2.24, 2.45) is 0 Å². The topological polar surface area (TPSA) is 56.3 Å². The molecule has 0 spiro atoms. The number of aryl methyl sites for hydroxylation is 1. The SMILES string of the molecule is Cc1cc(CNC(C)C)nc(C2COCCO2)n1. The first-order valence-electron chi connectivity index (χ1n) is 6.42. The molecule has 0 saturated carbocycles. The Morgan fingerprint density at radius 1 is 1.39 bits per heavy atom. The minimum absolute atomic E-state index is 0.128. The van der Waals surface area contributed by atoms with Gasteiger partial charge < -0.3 is 14.8 Å². The van der Waals surface area contributed by atoms with Crippen molar-refractivity contribution in [3.8, 4) is 0 Å². The lowest BCUT2D eigenvalue weighted by molar-refractivity contribution is -0.0936. The maximum Gasteiger partial charge on any atom is 0.160 e. The molecule has 1 aromatic heterocycles. The summed E-state index contributed by atoms with van der Waals surface area (Å²) in [6.07, 6.45) is -0.128. The Labute approximate surface area is 108 Å². The van der Waals surface area contributed by atoms with Crippen LogP contribution in [0.3, 0.4) is 0 Å². The van der Waals surface area contributed by atoms with Gasteiger partial charge in [-0.05, 0) is 13.0 Å². The highest BCUT2D eigenvalue weighted by atomic mass is 16.6. The molecule has 18 heavy (non-hydrogen) atoms. The largest absolute Gasteiger partial charge is 0.376 e. The van der Waals surface area contributed by atoms with Crippen LogP contribution >= 0.6 is 0 Å². The van der Waals surface area contributed by atoms with Crippen molar-refractivity contribution in [1.82, 2.24) is 15.3 Å². The summed E-state index contributed by atoms with van der Waals surface area (Å²) in [5.74, 6) is 0.732. The van der Waals surface area contributed by atoms with Gasteiger partial charge >= 0.3 is 0 Å². The first-order valence-corrected chi connectivity index (χ1v) is 6.42. The lowest BCUT2D eigenvalue weighted by atomic mass is 10.2. The van der Waals surface area contributed by atoms with E-state index in [1.54, 1.807) is 0 Å². The van der Waals surface area contributed by atoms with E-state index in [4.69, 9.17) is 9.47 Å². The first kappa shape index (κ1) is 13.4. The van der Waals surface area contributed by atoms with Crippen molar-refractivity contribution in [3.63, 3.8) is 0 Å². The van der Waals surface area contributed by atoms with Gasteiger partial charge in [0.25, 0.3) is 0 Å². The van der Waals surface area contributed by atoms with Crippen molar-refractivity contribution < 1.29 is 9.47 Å². The molecule has 1 aromatic rings. The monoisotopic (exact) mass is 251 g/mol. The molecular weight excluding hydrogens is 230 g/mol. The molecule has 5 heteroatoms. The van der Waals surface area contributed by atoms with Gasteiger partial charge in [-0.1, -0.05) is 13.8 Å². The minimum atomic E-state index is -0.128. The highest BCUT2D eigenvalue weighted by Gasteiger charge is 2.20. The molecule has 100 valence electrons. The predicted molar refractivity (Wildman–Crippen MR) is 68.3 cm³/mol. The maximum atomic E-state index is 5.63. The first-order chi connectivity index (χ1) is 8.65. The predicted octanol–water partition coefficient (Wildman–Crippen LogP) is 1.37. The number of rotatable bonds is 4. The summed E-state index contributed by atoms with van der Waals surface area (Å²) in [6.45, 7) is 8.78. The summed E-state index contributed by atoms with van der Waals surface area (Å²) >= 11 is 0. The molecule has 1 N–H and O–H groups in total. The maximum absolute atomic E-state index is 5.63. The Bertz CT molecular complexity index is 390. The van der Waals surface area contributed by atoms with Crippen molar-refractivity contribution in [2.45, 2.75) is 39.5 Å². The molecule has 2 heterocycles. The van der Waals surface area contributed by atoms with Crippen molar-refractivity contribution in [1.29, 1.82) is 0 Å². The third-order valence-corrected chi connectivity index (χ3v) is 2.72. The molecule has 1 saturated heterocycles. The van der Waals surface area contributed by atoms with Gasteiger partial charge in [-0.25, -0.2) is 9.97 Å². The third kappa shape index (κ3) is 3.73. The normalized spacial score (nSPS) is 20.3. The minimum Gasteiger partial charge on any atom is -0.376 e. The van der Waals surface area contributed by atoms with Gasteiger partial charge in [0.15, 0.2) is 5.82 Å². The van der Waals surface area contributed by atoms with E-state index in [-0.39, 0.29) is 6.10 Å². The molecule has 2 rings (SSSR count). The van der Waals surface area contributed by atoms with Crippen LogP contribution in [0.15, 0.2) is 6.07 Å². The van der Waals surface area contributed by atoms with E-state index in [9.17, 15) is 0 Å². The number of hydrogen-bond donors (Lipinski definition) is 1. The number of nitrogens with zero attached hydrogens (tertiary/aromatic N) is 2. The Morgan fingerprint density at radius 3 is 2.89 bits per heavy atom. The van der Waals surface area contributed by atoms with Crippen LogP contribution in [0.4, 0.5) is 0 Å². The molecule has 1 aliphatic rings. The van der Waals surface area contributed by atoms with Crippen LogP contribution in [-0.4, -0.2) is 35.8 Å². The Morgan fingerprint density at radius 2 is 2.22 bits per heavy atom. The third-order valence-electron chi connectivity index (χ3n) is 2.72. The summed E-state index contributed by atoms with van der Waals surface area (Å²) in [6, 6.07) is 2.45. The van der Waals surface area contributed by atoms with Crippen LogP contribution in [0.1, 0.15) is 37.2 Å². The number of ether oxygens (including phenoxy) is 2. The fourth-order valence-electron chi connectivity index (χ4n) is 1.84. The molecule has 1 fully saturated rings. The van der Waals surface area contributed by atoms with Gasteiger partial charge in [0.2, 0.25) is 0 Å². The zero-order chi connectivity index (χ0) is 13.0. The molecule has 0 aliphatic carbocycles. The molecule has 0 radical (unpaired) electrons. The quantitative estimate of drug-likeness (QED) is 0.876. The van der Waals surface area contributed by atoms with Crippen molar-refractivity contribution in [2.75, 3.05) is 19.8 Å². The van der Waals surface area contributed by atoms with E-state index < -0.39 is 0 Å². The molecule has 1 atom stereocenters. The van der Waals surface area contributed by atoms with E-state index in [1.165, 1.54) is 0 Å². The van der Waals surface area contributed by atoms with Gasteiger partial charge in [-0.2, -0.15) is 0 Å². The average molecular weight is 251 g/mol. The molecule has 0 bridgehead atoms. The molecule has 0 amide bonds. The van der Waals surface area contributed by atoms with Gasteiger partial charge in [0.1, 0.15) is 6.10 Å². The summed E-state index contributed by atoms with van der Waals surface area (Å²) < 4.78 is 11.0. The van der Waals surface area contributed by atoms with Crippen LogP contribution in [0, 0.1) is 6.92 Å². The van der Waals surface area contributed by atoms with Crippen LogP contribution in [0.2, 0.25) is 0 Å². The molecular formula is C13H21N3O2. The smallest absolute Gasteiger partial charge is 0.160 e. The van der Waals surface area contributed by atoms with E-state index in [0.717, 1.165) is 23.8 Å². The van der Waals surface area contributed by atoms with E-state index >= 15 is 0 Å². The van der Waals surface area contributed by atoms with Gasteiger partial charge in [-0.3, -0.25) is 0 Å². The molecule has 1 aliphatic heterocycles. The summed E-state index contributed by atoms with van der Waals surface area (Å²) in [4.78, 5) is 8.99. The van der Waals surface area contributed by atoms with E-state index in [2.05, 4.69) is 29.1 Å². The Balaban J connectivity index is 2.09. The van der Waals surface area contributed by atoms with Crippen molar-refractivity contribution >= 4 is 0 Å². The van der Waals surface area contributed by atoms with Gasteiger partial charge in [0, 0.05) is 18.3 Å². The van der Waals surface area contributed by atoms with Gasteiger partial charge in [-0.15, -0.1) is 0 Å². The second-order valence-corrected chi connectivity index (χ2v) is 4.83. The van der Waals surface area contributed by atoms with E-state index in [0.29, 0.717) is 25.9 Å². The average Bonchev–Trinajstić information content (AvgIpc) is 2.37. The Hall–Kier alpha value is -1.04. The molecule has 0 aromatic carbocycles. The molecule has 1 unspecified atom stereocenters. The second kappa shape index (κ2) is 6.22. The highest BCUT2D eigenvalue weighted by molar-refractivity contribution is 5.11. The zero-order valence-corrected chi connectivity index (χ0v) is 11.3. The fourth-order valence-corrected chi connectivity index (χ4v) is 1.84. The highest BCUT2D eigenvalue weighted by Crippen LogP contribution is 2.17. The summed E-state index contributed by atoms with van der Waals surface area (Å²) in [5, 5.41) is 3.36.